The molecule has 0 aliphatic carbocycles. The lowest BCUT2D eigenvalue weighted by Gasteiger charge is -2.38. The molecule has 0 radical (unpaired) electrons. The average Bonchev–Trinajstić information content (AvgIpc) is 2.39. The van der Waals surface area contributed by atoms with Gasteiger partial charge in [0.05, 0.1) is 12.8 Å². The molecule has 0 aromatic heterocycles. The molecule has 0 spiro atoms. The number of benzene rings is 1. The maximum Gasteiger partial charge on any atom is 0.146 e. The molecule has 106 valence electrons. The van der Waals surface area contributed by atoms with Crippen LogP contribution < -0.4 is 15.4 Å². The van der Waals surface area contributed by atoms with Gasteiger partial charge in [0.1, 0.15) is 5.75 Å². The van der Waals surface area contributed by atoms with E-state index in [2.05, 4.69) is 36.6 Å². The zero-order chi connectivity index (χ0) is 14.0. The summed E-state index contributed by atoms with van der Waals surface area (Å²) in [6, 6.07) is 4.68. The first-order valence-electron chi connectivity index (χ1n) is 6.96. The summed E-state index contributed by atoms with van der Waals surface area (Å²) in [7, 11) is 1.68. The summed E-state index contributed by atoms with van der Waals surface area (Å²) in [4.78, 5) is 4.94. The molecule has 1 aromatic rings. The lowest BCUT2D eigenvalue weighted by atomic mass is 10.1. The largest absolute Gasteiger partial charge is 0.494 e. The SMILES string of the molecule is COc1c(N)ccc(N2CCN(C(C)C)CC2)c1C. The van der Waals surface area contributed by atoms with Crippen LogP contribution in [0.25, 0.3) is 0 Å². The first-order chi connectivity index (χ1) is 9.04. The number of nitrogen functional groups attached to an aromatic ring is 1. The number of piperazine rings is 1. The summed E-state index contributed by atoms with van der Waals surface area (Å²) in [6.07, 6.45) is 0. The first kappa shape index (κ1) is 14.0. The Morgan fingerprint density at radius 3 is 2.32 bits per heavy atom. The van der Waals surface area contributed by atoms with Gasteiger partial charge in [0, 0.05) is 43.5 Å². The molecule has 0 atom stereocenters. The predicted octanol–water partition coefficient (Wildman–Crippen LogP) is 2.12. The van der Waals surface area contributed by atoms with Crippen molar-refractivity contribution < 1.29 is 4.74 Å². The van der Waals surface area contributed by atoms with Crippen molar-refractivity contribution in [2.75, 3.05) is 43.9 Å². The molecule has 19 heavy (non-hydrogen) atoms. The van der Waals surface area contributed by atoms with Gasteiger partial charge >= 0.3 is 0 Å². The van der Waals surface area contributed by atoms with E-state index in [1.54, 1.807) is 7.11 Å². The Balaban J connectivity index is 2.16. The van der Waals surface area contributed by atoms with Gasteiger partial charge in [0.15, 0.2) is 0 Å². The summed E-state index contributed by atoms with van der Waals surface area (Å²) in [5.41, 5.74) is 9.04. The summed E-state index contributed by atoms with van der Waals surface area (Å²) < 4.78 is 5.40. The van der Waals surface area contributed by atoms with Gasteiger partial charge in [-0.05, 0) is 32.9 Å². The van der Waals surface area contributed by atoms with Crippen molar-refractivity contribution in [3.8, 4) is 5.75 Å². The molecular formula is C15H25N3O. The van der Waals surface area contributed by atoms with E-state index < -0.39 is 0 Å². The maximum atomic E-state index is 5.94. The zero-order valence-electron chi connectivity index (χ0n) is 12.4. The van der Waals surface area contributed by atoms with Crippen LogP contribution >= 0.6 is 0 Å². The molecule has 4 nitrogen and oxygen atoms in total. The topological polar surface area (TPSA) is 41.7 Å². The fourth-order valence-corrected chi connectivity index (χ4v) is 2.79. The van der Waals surface area contributed by atoms with Gasteiger partial charge in [0.2, 0.25) is 0 Å². The highest BCUT2D eigenvalue weighted by molar-refractivity contribution is 5.68. The minimum atomic E-state index is 0.629. The van der Waals surface area contributed by atoms with E-state index in [1.165, 1.54) is 5.69 Å². The third-order valence-corrected chi connectivity index (χ3v) is 4.00. The van der Waals surface area contributed by atoms with E-state index in [1.807, 2.05) is 6.07 Å². The Morgan fingerprint density at radius 2 is 1.79 bits per heavy atom. The van der Waals surface area contributed by atoms with E-state index >= 15 is 0 Å². The Kier molecular flexibility index (Phi) is 4.20. The standard InChI is InChI=1S/C15H25N3O/c1-11(2)17-7-9-18(10-8-17)14-6-5-13(16)15(19-4)12(14)3/h5-6,11H,7-10,16H2,1-4H3. The Bertz CT molecular complexity index is 437. The highest BCUT2D eigenvalue weighted by Crippen LogP contribution is 2.34. The molecule has 2 N–H and O–H groups in total. The molecule has 0 amide bonds. The van der Waals surface area contributed by atoms with Crippen LogP contribution in [0.3, 0.4) is 0 Å². The van der Waals surface area contributed by atoms with Crippen LogP contribution in [0.15, 0.2) is 12.1 Å². The van der Waals surface area contributed by atoms with Crippen LogP contribution in [0, 0.1) is 6.92 Å². The molecule has 1 aromatic carbocycles. The molecule has 1 aliphatic heterocycles. The number of hydrogen-bond acceptors (Lipinski definition) is 4. The monoisotopic (exact) mass is 263 g/mol. The minimum absolute atomic E-state index is 0.629. The smallest absolute Gasteiger partial charge is 0.146 e. The number of ether oxygens (including phenoxy) is 1. The third-order valence-electron chi connectivity index (χ3n) is 4.00. The van der Waals surface area contributed by atoms with Gasteiger partial charge in [0.25, 0.3) is 0 Å². The summed E-state index contributed by atoms with van der Waals surface area (Å²) in [5.74, 6) is 0.809. The third kappa shape index (κ3) is 2.78. The highest BCUT2D eigenvalue weighted by atomic mass is 16.5. The normalized spacial score (nSPS) is 17.0. The van der Waals surface area contributed by atoms with Crippen molar-refractivity contribution in [2.24, 2.45) is 0 Å². The Labute approximate surface area is 116 Å². The van der Waals surface area contributed by atoms with Crippen molar-refractivity contribution in [3.05, 3.63) is 17.7 Å². The number of nitrogens with zero attached hydrogens (tertiary/aromatic N) is 2. The van der Waals surface area contributed by atoms with Gasteiger partial charge in [-0.15, -0.1) is 0 Å². The number of anilines is 2. The molecule has 0 saturated carbocycles. The molecule has 1 fully saturated rings. The van der Waals surface area contributed by atoms with Gasteiger partial charge in [-0.2, -0.15) is 0 Å². The molecule has 1 heterocycles. The van der Waals surface area contributed by atoms with Crippen LogP contribution in [0.4, 0.5) is 11.4 Å². The van der Waals surface area contributed by atoms with Gasteiger partial charge in [-0.25, -0.2) is 0 Å². The zero-order valence-corrected chi connectivity index (χ0v) is 12.4. The second-order valence-corrected chi connectivity index (χ2v) is 5.45. The number of methoxy groups -OCH3 is 1. The van der Waals surface area contributed by atoms with E-state index in [0.29, 0.717) is 11.7 Å². The molecule has 1 aliphatic rings. The fourth-order valence-electron chi connectivity index (χ4n) is 2.79. The minimum Gasteiger partial charge on any atom is -0.494 e. The fraction of sp³-hybridized carbons (Fsp3) is 0.600. The molecule has 1 saturated heterocycles. The quantitative estimate of drug-likeness (QED) is 0.848. The van der Waals surface area contributed by atoms with Crippen LogP contribution in [-0.4, -0.2) is 44.2 Å². The molecule has 0 unspecified atom stereocenters. The molecular weight excluding hydrogens is 238 g/mol. The lowest BCUT2D eigenvalue weighted by Crippen LogP contribution is -2.49. The summed E-state index contributed by atoms with van der Waals surface area (Å²) >= 11 is 0. The van der Waals surface area contributed by atoms with E-state index in [-0.39, 0.29) is 0 Å². The predicted molar refractivity (Wildman–Crippen MR) is 81.1 cm³/mol. The van der Waals surface area contributed by atoms with Crippen molar-refractivity contribution >= 4 is 11.4 Å². The van der Waals surface area contributed by atoms with Crippen LogP contribution in [0.5, 0.6) is 5.75 Å². The van der Waals surface area contributed by atoms with E-state index in [9.17, 15) is 0 Å². The highest BCUT2D eigenvalue weighted by Gasteiger charge is 2.21. The van der Waals surface area contributed by atoms with E-state index in [4.69, 9.17) is 10.5 Å². The molecule has 0 bridgehead atoms. The Morgan fingerprint density at radius 1 is 1.16 bits per heavy atom. The van der Waals surface area contributed by atoms with E-state index in [0.717, 1.165) is 37.5 Å². The van der Waals surface area contributed by atoms with Crippen molar-refractivity contribution in [1.82, 2.24) is 4.90 Å². The first-order valence-corrected chi connectivity index (χ1v) is 6.96. The van der Waals surface area contributed by atoms with Crippen molar-refractivity contribution in [2.45, 2.75) is 26.8 Å². The van der Waals surface area contributed by atoms with Gasteiger partial charge < -0.3 is 15.4 Å². The maximum absolute atomic E-state index is 5.94. The second kappa shape index (κ2) is 5.70. The van der Waals surface area contributed by atoms with Crippen LogP contribution in [0.2, 0.25) is 0 Å². The molecule has 2 rings (SSSR count). The van der Waals surface area contributed by atoms with Crippen LogP contribution in [-0.2, 0) is 0 Å². The number of nitrogens with two attached hydrogens (primary N) is 1. The average molecular weight is 263 g/mol. The second-order valence-electron chi connectivity index (χ2n) is 5.45. The number of hydrogen-bond donors (Lipinski definition) is 1. The lowest BCUT2D eigenvalue weighted by molar-refractivity contribution is 0.209. The summed E-state index contributed by atoms with van der Waals surface area (Å²) in [6.45, 7) is 10.9. The van der Waals surface area contributed by atoms with Gasteiger partial charge in [-0.3, -0.25) is 4.90 Å². The van der Waals surface area contributed by atoms with Gasteiger partial charge in [-0.1, -0.05) is 0 Å². The number of rotatable bonds is 3. The van der Waals surface area contributed by atoms with Crippen molar-refractivity contribution in [1.29, 1.82) is 0 Å². The Hall–Kier alpha value is -1.42. The van der Waals surface area contributed by atoms with Crippen LogP contribution in [0.1, 0.15) is 19.4 Å². The van der Waals surface area contributed by atoms with Crippen molar-refractivity contribution in [3.63, 3.8) is 0 Å². The molecule has 4 heteroatoms. The summed E-state index contributed by atoms with van der Waals surface area (Å²) in [5, 5.41) is 0.